The van der Waals surface area contributed by atoms with Crippen LogP contribution in [-0.4, -0.2) is 55.8 Å². The minimum atomic E-state index is -0.416. The Labute approximate surface area is 123 Å². The highest BCUT2D eigenvalue weighted by molar-refractivity contribution is 5.98. The smallest absolute Gasteiger partial charge is 0.307 e. The number of para-hydroxylation sites is 1. The van der Waals surface area contributed by atoms with Crippen molar-refractivity contribution in [3.63, 3.8) is 0 Å². The van der Waals surface area contributed by atoms with Crippen LogP contribution >= 0.6 is 0 Å². The maximum Gasteiger partial charge on any atom is 0.307 e. The van der Waals surface area contributed by atoms with E-state index in [1.807, 2.05) is 0 Å². The monoisotopic (exact) mass is 296 g/mol. The number of phenolic OH excluding ortho intramolecular Hbond substituents is 1. The van der Waals surface area contributed by atoms with Gasteiger partial charge >= 0.3 is 5.97 Å². The van der Waals surface area contributed by atoms with Gasteiger partial charge in [0, 0.05) is 20.2 Å². The van der Waals surface area contributed by atoms with Crippen LogP contribution in [0, 0.1) is 0 Å². The molecule has 7 heteroatoms. The van der Waals surface area contributed by atoms with E-state index in [9.17, 15) is 14.7 Å². The van der Waals surface area contributed by atoms with Crippen molar-refractivity contribution in [3.8, 4) is 5.75 Å². The molecule has 0 spiro atoms. The van der Waals surface area contributed by atoms with Crippen LogP contribution in [0.5, 0.6) is 5.75 Å². The van der Waals surface area contributed by atoms with Crippen LogP contribution in [-0.2, 0) is 14.3 Å². The summed E-state index contributed by atoms with van der Waals surface area (Å²) in [6.07, 6.45) is 0.0645. The third-order valence-electron chi connectivity index (χ3n) is 2.96. The first-order valence-corrected chi connectivity index (χ1v) is 6.43. The molecule has 1 rings (SSSR count). The normalized spacial score (nSPS) is 10.2. The van der Waals surface area contributed by atoms with Gasteiger partial charge in [-0.2, -0.15) is 0 Å². The van der Waals surface area contributed by atoms with Gasteiger partial charge in [0.2, 0.25) is 0 Å². The zero-order chi connectivity index (χ0) is 15.8. The SMILES string of the molecule is COCCN(CCC(=O)OC)C(=O)c1cccc(N)c1O. The summed E-state index contributed by atoms with van der Waals surface area (Å²) in [5.41, 5.74) is 5.80. The van der Waals surface area contributed by atoms with Crippen LogP contribution in [0.4, 0.5) is 5.69 Å². The number of methoxy groups -OCH3 is 2. The topological polar surface area (TPSA) is 102 Å². The molecule has 3 N–H and O–H groups in total. The summed E-state index contributed by atoms with van der Waals surface area (Å²) in [5.74, 6) is -1.09. The van der Waals surface area contributed by atoms with E-state index in [1.165, 1.54) is 31.3 Å². The Hall–Kier alpha value is -2.28. The summed E-state index contributed by atoms with van der Waals surface area (Å²) in [5, 5.41) is 9.87. The standard InChI is InChI=1S/C14H20N2O5/c1-20-9-8-16(7-6-12(17)21-2)14(19)10-4-3-5-11(15)13(10)18/h3-5,18H,6-9,15H2,1-2H3. The average Bonchev–Trinajstić information content (AvgIpc) is 2.49. The number of phenols is 1. The molecule has 0 fully saturated rings. The molecule has 116 valence electrons. The van der Waals surface area contributed by atoms with E-state index in [4.69, 9.17) is 10.5 Å². The van der Waals surface area contributed by atoms with E-state index in [-0.39, 0.29) is 30.0 Å². The van der Waals surface area contributed by atoms with Gasteiger partial charge in [-0.25, -0.2) is 0 Å². The Morgan fingerprint density at radius 2 is 2.00 bits per heavy atom. The van der Waals surface area contributed by atoms with E-state index >= 15 is 0 Å². The number of amides is 1. The molecule has 0 aliphatic carbocycles. The molecule has 0 radical (unpaired) electrons. The number of rotatable bonds is 7. The van der Waals surface area contributed by atoms with Crippen molar-refractivity contribution in [2.45, 2.75) is 6.42 Å². The first kappa shape index (κ1) is 16.8. The Morgan fingerprint density at radius 3 is 2.62 bits per heavy atom. The molecule has 0 unspecified atom stereocenters. The van der Waals surface area contributed by atoms with Crippen molar-refractivity contribution in [2.75, 3.05) is 39.6 Å². The number of nitrogens with zero attached hydrogens (tertiary/aromatic N) is 1. The molecular formula is C14H20N2O5. The summed E-state index contributed by atoms with van der Waals surface area (Å²) in [6, 6.07) is 4.56. The fourth-order valence-corrected chi connectivity index (χ4v) is 1.75. The van der Waals surface area contributed by atoms with E-state index in [2.05, 4.69) is 4.74 Å². The van der Waals surface area contributed by atoms with Gasteiger partial charge in [0.05, 0.1) is 31.4 Å². The van der Waals surface area contributed by atoms with Gasteiger partial charge in [0.1, 0.15) is 0 Å². The molecule has 0 aliphatic heterocycles. The molecular weight excluding hydrogens is 276 g/mol. The number of nitrogens with two attached hydrogens (primary N) is 1. The molecule has 0 bridgehead atoms. The Morgan fingerprint density at radius 1 is 1.29 bits per heavy atom. The largest absolute Gasteiger partial charge is 0.505 e. The highest BCUT2D eigenvalue weighted by atomic mass is 16.5. The number of esters is 1. The lowest BCUT2D eigenvalue weighted by molar-refractivity contribution is -0.140. The van der Waals surface area contributed by atoms with Gasteiger partial charge < -0.3 is 25.2 Å². The molecule has 0 atom stereocenters. The van der Waals surface area contributed by atoms with Gasteiger partial charge in [-0.3, -0.25) is 9.59 Å². The number of benzene rings is 1. The lowest BCUT2D eigenvalue weighted by atomic mass is 10.1. The van der Waals surface area contributed by atoms with Gasteiger partial charge in [0.25, 0.3) is 5.91 Å². The third-order valence-corrected chi connectivity index (χ3v) is 2.96. The van der Waals surface area contributed by atoms with Gasteiger partial charge in [-0.15, -0.1) is 0 Å². The number of hydrogen-bond acceptors (Lipinski definition) is 6. The molecule has 1 aromatic carbocycles. The Balaban J connectivity index is 2.88. The van der Waals surface area contributed by atoms with Crippen LogP contribution in [0.1, 0.15) is 16.8 Å². The average molecular weight is 296 g/mol. The van der Waals surface area contributed by atoms with Gasteiger partial charge in [-0.05, 0) is 12.1 Å². The van der Waals surface area contributed by atoms with Gasteiger partial charge in [-0.1, -0.05) is 6.07 Å². The van der Waals surface area contributed by atoms with E-state index in [1.54, 1.807) is 6.07 Å². The van der Waals surface area contributed by atoms with Crippen molar-refractivity contribution in [2.24, 2.45) is 0 Å². The number of aromatic hydroxyl groups is 1. The summed E-state index contributed by atoms with van der Waals surface area (Å²) in [7, 11) is 2.80. The molecule has 21 heavy (non-hydrogen) atoms. The lowest BCUT2D eigenvalue weighted by Gasteiger charge is -2.22. The second-order valence-corrected chi connectivity index (χ2v) is 4.35. The van der Waals surface area contributed by atoms with Crippen molar-refractivity contribution in [1.29, 1.82) is 0 Å². The second-order valence-electron chi connectivity index (χ2n) is 4.35. The highest BCUT2D eigenvalue weighted by Gasteiger charge is 2.20. The maximum absolute atomic E-state index is 12.4. The molecule has 1 aromatic rings. The summed E-state index contributed by atoms with van der Waals surface area (Å²) < 4.78 is 9.50. The van der Waals surface area contributed by atoms with Crippen molar-refractivity contribution in [1.82, 2.24) is 4.90 Å². The Kier molecular flexibility index (Phi) is 6.48. The zero-order valence-electron chi connectivity index (χ0n) is 12.2. The third kappa shape index (κ3) is 4.64. The minimum absolute atomic E-state index is 0.0645. The molecule has 0 aromatic heterocycles. The number of nitrogen functional groups attached to an aromatic ring is 1. The van der Waals surface area contributed by atoms with Crippen molar-refractivity contribution >= 4 is 17.6 Å². The number of ether oxygens (including phenoxy) is 2. The number of carbonyl (C=O) groups is 2. The first-order valence-electron chi connectivity index (χ1n) is 6.43. The Bertz CT molecular complexity index is 504. The molecule has 0 saturated heterocycles. The number of hydrogen-bond donors (Lipinski definition) is 2. The summed E-state index contributed by atoms with van der Waals surface area (Å²) in [4.78, 5) is 25.0. The zero-order valence-corrected chi connectivity index (χ0v) is 12.2. The lowest BCUT2D eigenvalue weighted by Crippen LogP contribution is -2.36. The molecule has 0 saturated carbocycles. The highest BCUT2D eigenvalue weighted by Crippen LogP contribution is 2.25. The molecule has 0 heterocycles. The summed E-state index contributed by atoms with van der Waals surface area (Å²) >= 11 is 0. The number of anilines is 1. The van der Waals surface area contributed by atoms with Crippen molar-refractivity contribution < 1.29 is 24.2 Å². The number of carbonyl (C=O) groups excluding carboxylic acids is 2. The van der Waals surface area contributed by atoms with E-state index in [0.717, 1.165) is 0 Å². The van der Waals surface area contributed by atoms with Crippen LogP contribution in [0.2, 0.25) is 0 Å². The fourth-order valence-electron chi connectivity index (χ4n) is 1.75. The fraction of sp³-hybridized carbons (Fsp3) is 0.429. The molecule has 1 amide bonds. The quantitative estimate of drug-likeness (QED) is 0.434. The van der Waals surface area contributed by atoms with Crippen LogP contribution in [0.3, 0.4) is 0 Å². The van der Waals surface area contributed by atoms with Crippen LogP contribution in [0.15, 0.2) is 18.2 Å². The second kappa shape index (κ2) is 8.11. The summed E-state index contributed by atoms with van der Waals surface area (Å²) in [6.45, 7) is 0.777. The molecule has 7 nitrogen and oxygen atoms in total. The first-order chi connectivity index (χ1) is 10.0. The van der Waals surface area contributed by atoms with Crippen molar-refractivity contribution in [3.05, 3.63) is 23.8 Å². The van der Waals surface area contributed by atoms with Crippen LogP contribution in [0.25, 0.3) is 0 Å². The minimum Gasteiger partial charge on any atom is -0.505 e. The maximum atomic E-state index is 12.4. The van der Waals surface area contributed by atoms with Gasteiger partial charge in [0.15, 0.2) is 5.75 Å². The predicted molar refractivity (Wildman–Crippen MR) is 76.9 cm³/mol. The predicted octanol–water partition coefficient (Wildman–Crippen LogP) is 0.626. The van der Waals surface area contributed by atoms with E-state index in [0.29, 0.717) is 13.2 Å². The van der Waals surface area contributed by atoms with Crippen LogP contribution < -0.4 is 5.73 Å². The molecule has 0 aliphatic rings. The van der Waals surface area contributed by atoms with E-state index < -0.39 is 11.9 Å².